The molecule has 0 fully saturated rings. The summed E-state index contributed by atoms with van der Waals surface area (Å²) >= 11 is 0. The van der Waals surface area contributed by atoms with Crippen molar-refractivity contribution in [3.8, 4) is 0 Å². The van der Waals surface area contributed by atoms with E-state index < -0.39 is 18.6 Å². The first-order valence-corrected chi connectivity index (χ1v) is 3.50. The van der Waals surface area contributed by atoms with Gasteiger partial charge in [0.1, 0.15) is 5.82 Å². The largest absolute Gasteiger partial charge is 0.480 e. The summed E-state index contributed by atoms with van der Waals surface area (Å²) in [5.41, 5.74) is 0. The number of hydrogen-bond donors (Lipinski definition) is 2. The lowest BCUT2D eigenvalue weighted by molar-refractivity contribution is -0.142. The zero-order valence-corrected chi connectivity index (χ0v) is 6.64. The molecule has 0 aromatic carbocycles. The van der Waals surface area contributed by atoms with Crippen molar-refractivity contribution in [3.63, 3.8) is 0 Å². The third-order valence-electron chi connectivity index (χ3n) is 1.66. The van der Waals surface area contributed by atoms with Crippen LogP contribution in [0.2, 0.25) is 0 Å². The minimum Gasteiger partial charge on any atom is -0.480 e. The minimum absolute atomic E-state index is 0.424. The Morgan fingerprint density at radius 2 is 2.50 bits per heavy atom. The number of carbonyl (C=O) groups is 1. The van der Waals surface area contributed by atoms with E-state index in [1.54, 1.807) is 6.92 Å². The maximum Gasteiger partial charge on any atom is 0.329 e. The number of nitrogens with zero attached hydrogens (tertiary/aromatic N) is 2. The number of aliphatic carboxylic acids is 1. The minimum atomic E-state index is -1.06. The fourth-order valence-electron chi connectivity index (χ4n) is 1.00. The van der Waals surface area contributed by atoms with Crippen LogP contribution in [-0.4, -0.2) is 32.3 Å². The lowest BCUT2D eigenvalue weighted by Gasteiger charge is -2.11. The van der Waals surface area contributed by atoms with E-state index in [1.165, 1.54) is 17.0 Å². The van der Waals surface area contributed by atoms with Gasteiger partial charge in [0.05, 0.1) is 6.61 Å². The average Bonchev–Trinajstić information content (AvgIpc) is 2.38. The van der Waals surface area contributed by atoms with Gasteiger partial charge in [-0.2, -0.15) is 0 Å². The molecule has 1 unspecified atom stereocenters. The second-order valence-electron chi connectivity index (χ2n) is 2.42. The molecule has 1 aromatic rings. The number of aliphatic hydroxyl groups is 1. The van der Waals surface area contributed by atoms with Gasteiger partial charge in [-0.3, -0.25) is 0 Å². The van der Waals surface area contributed by atoms with Gasteiger partial charge in [0.25, 0.3) is 0 Å². The van der Waals surface area contributed by atoms with Crippen molar-refractivity contribution in [1.29, 1.82) is 0 Å². The van der Waals surface area contributed by atoms with Crippen molar-refractivity contribution in [2.45, 2.75) is 13.0 Å². The Hall–Kier alpha value is -1.36. The Morgan fingerprint density at radius 1 is 1.83 bits per heavy atom. The predicted molar refractivity (Wildman–Crippen MR) is 40.7 cm³/mol. The fourth-order valence-corrected chi connectivity index (χ4v) is 1.00. The average molecular weight is 170 g/mol. The Labute approximate surface area is 69.3 Å². The molecule has 0 aliphatic carbocycles. The van der Waals surface area contributed by atoms with Crippen LogP contribution < -0.4 is 0 Å². The van der Waals surface area contributed by atoms with Crippen molar-refractivity contribution < 1.29 is 15.0 Å². The Kier molecular flexibility index (Phi) is 2.44. The summed E-state index contributed by atoms with van der Waals surface area (Å²) in [4.78, 5) is 14.4. The van der Waals surface area contributed by atoms with E-state index in [0.717, 1.165) is 0 Å². The first-order valence-electron chi connectivity index (χ1n) is 3.50. The van der Waals surface area contributed by atoms with Crippen LogP contribution in [0.25, 0.3) is 0 Å². The number of carboxylic acids is 1. The molecule has 0 amide bonds. The third-order valence-corrected chi connectivity index (χ3v) is 1.66. The van der Waals surface area contributed by atoms with Gasteiger partial charge >= 0.3 is 5.97 Å². The standard InChI is InChI=1S/C7H10N2O3/c1-5-8-2-3-9(5)6(4-10)7(11)12/h2-3,6,10H,4H2,1H3,(H,11,12). The van der Waals surface area contributed by atoms with Gasteiger partial charge in [-0.05, 0) is 6.92 Å². The number of hydrogen-bond acceptors (Lipinski definition) is 3. The van der Waals surface area contributed by atoms with Gasteiger partial charge in [0.15, 0.2) is 6.04 Å². The number of aromatic nitrogens is 2. The van der Waals surface area contributed by atoms with Crippen LogP contribution in [0, 0.1) is 6.92 Å². The van der Waals surface area contributed by atoms with Gasteiger partial charge < -0.3 is 14.8 Å². The molecule has 5 nitrogen and oxygen atoms in total. The second kappa shape index (κ2) is 3.36. The Morgan fingerprint density at radius 3 is 2.83 bits per heavy atom. The molecule has 1 atom stereocenters. The van der Waals surface area contributed by atoms with E-state index in [9.17, 15) is 4.79 Å². The van der Waals surface area contributed by atoms with E-state index in [1.807, 2.05) is 0 Å². The normalized spacial score (nSPS) is 12.8. The van der Waals surface area contributed by atoms with Crippen molar-refractivity contribution in [3.05, 3.63) is 18.2 Å². The highest BCUT2D eigenvalue weighted by molar-refractivity contribution is 5.72. The summed E-state index contributed by atoms with van der Waals surface area (Å²) in [5.74, 6) is -0.477. The number of imidazole rings is 1. The highest BCUT2D eigenvalue weighted by Crippen LogP contribution is 2.08. The summed E-state index contributed by atoms with van der Waals surface area (Å²) in [6.45, 7) is 1.26. The maximum atomic E-state index is 10.6. The molecule has 66 valence electrons. The quantitative estimate of drug-likeness (QED) is 0.659. The third kappa shape index (κ3) is 1.45. The highest BCUT2D eigenvalue weighted by Gasteiger charge is 2.18. The molecule has 0 aliphatic rings. The van der Waals surface area contributed by atoms with Crippen molar-refractivity contribution in [2.24, 2.45) is 0 Å². The summed E-state index contributed by atoms with van der Waals surface area (Å²) in [6.07, 6.45) is 3.03. The summed E-state index contributed by atoms with van der Waals surface area (Å²) in [7, 11) is 0. The number of aryl methyl sites for hydroxylation is 1. The molecule has 0 aliphatic heterocycles. The van der Waals surface area contributed by atoms with Crippen LogP contribution in [0.15, 0.2) is 12.4 Å². The number of aliphatic hydroxyl groups excluding tert-OH is 1. The summed E-state index contributed by atoms with van der Waals surface area (Å²) in [5, 5.41) is 17.4. The van der Waals surface area contributed by atoms with Gasteiger partial charge in [-0.1, -0.05) is 0 Å². The lowest BCUT2D eigenvalue weighted by atomic mass is 10.3. The van der Waals surface area contributed by atoms with E-state index in [0.29, 0.717) is 5.82 Å². The summed E-state index contributed by atoms with van der Waals surface area (Å²) < 4.78 is 1.42. The maximum absolute atomic E-state index is 10.6. The van der Waals surface area contributed by atoms with E-state index >= 15 is 0 Å². The van der Waals surface area contributed by atoms with Crippen molar-refractivity contribution in [2.75, 3.05) is 6.61 Å². The highest BCUT2D eigenvalue weighted by atomic mass is 16.4. The summed E-state index contributed by atoms with van der Waals surface area (Å²) in [6, 6.07) is -0.924. The van der Waals surface area contributed by atoms with Crippen LogP contribution in [0.1, 0.15) is 11.9 Å². The van der Waals surface area contributed by atoms with E-state index in [-0.39, 0.29) is 0 Å². The zero-order chi connectivity index (χ0) is 9.14. The van der Waals surface area contributed by atoms with Crippen molar-refractivity contribution in [1.82, 2.24) is 9.55 Å². The molecule has 0 bridgehead atoms. The van der Waals surface area contributed by atoms with Crippen molar-refractivity contribution >= 4 is 5.97 Å². The zero-order valence-electron chi connectivity index (χ0n) is 6.64. The molecular formula is C7H10N2O3. The number of carboxylic acid groups (broad SMARTS) is 1. The molecule has 0 saturated heterocycles. The molecule has 12 heavy (non-hydrogen) atoms. The van der Waals surface area contributed by atoms with E-state index in [4.69, 9.17) is 10.2 Å². The van der Waals surface area contributed by atoms with E-state index in [2.05, 4.69) is 4.98 Å². The molecule has 1 aromatic heterocycles. The molecule has 0 saturated carbocycles. The predicted octanol–water partition coefficient (Wildman–Crippen LogP) is -0.190. The molecule has 2 N–H and O–H groups in total. The molecule has 1 heterocycles. The SMILES string of the molecule is Cc1nccn1C(CO)C(=O)O. The molecule has 1 rings (SSSR count). The van der Waals surface area contributed by atoms with Gasteiger partial charge in [-0.15, -0.1) is 0 Å². The van der Waals surface area contributed by atoms with Crippen LogP contribution in [0.5, 0.6) is 0 Å². The van der Waals surface area contributed by atoms with Gasteiger partial charge in [0, 0.05) is 12.4 Å². The smallest absolute Gasteiger partial charge is 0.329 e. The van der Waals surface area contributed by atoms with Crippen LogP contribution in [-0.2, 0) is 4.79 Å². The Balaban J connectivity index is 2.94. The molecule has 0 spiro atoms. The lowest BCUT2D eigenvalue weighted by Crippen LogP contribution is -2.22. The van der Waals surface area contributed by atoms with Crippen LogP contribution >= 0.6 is 0 Å². The van der Waals surface area contributed by atoms with Crippen LogP contribution in [0.3, 0.4) is 0 Å². The molecular weight excluding hydrogens is 160 g/mol. The monoisotopic (exact) mass is 170 g/mol. The molecule has 0 radical (unpaired) electrons. The van der Waals surface area contributed by atoms with Gasteiger partial charge in [-0.25, -0.2) is 9.78 Å². The second-order valence-corrected chi connectivity index (χ2v) is 2.42. The molecule has 5 heteroatoms. The fraction of sp³-hybridized carbons (Fsp3) is 0.429. The topological polar surface area (TPSA) is 75.3 Å². The van der Waals surface area contributed by atoms with Gasteiger partial charge in [0.2, 0.25) is 0 Å². The Bertz CT molecular complexity index is 282. The first-order chi connectivity index (χ1) is 5.66. The number of rotatable bonds is 3. The van der Waals surface area contributed by atoms with Crippen LogP contribution in [0.4, 0.5) is 0 Å². The first kappa shape index (κ1) is 8.73.